The van der Waals surface area contributed by atoms with Gasteiger partial charge in [-0.15, -0.1) is 0 Å². The fourth-order valence-corrected chi connectivity index (χ4v) is 4.08. The Morgan fingerprint density at radius 3 is 2.76 bits per heavy atom. The van der Waals surface area contributed by atoms with Gasteiger partial charge in [0.15, 0.2) is 6.04 Å². The molecule has 0 aliphatic carbocycles. The molecule has 176 valence electrons. The van der Waals surface area contributed by atoms with Gasteiger partial charge >= 0.3 is 6.18 Å². The molecule has 0 saturated heterocycles. The number of aryl methyl sites for hydroxylation is 1. The van der Waals surface area contributed by atoms with E-state index in [0.717, 1.165) is 22.0 Å². The number of furan rings is 1. The molecule has 1 aromatic carbocycles. The van der Waals surface area contributed by atoms with Gasteiger partial charge in [-0.05, 0) is 30.2 Å². The maximum atomic E-state index is 13.8. The lowest BCUT2D eigenvalue weighted by atomic mass is 10.0. The molecule has 3 aromatic heterocycles. The molecule has 1 aliphatic heterocycles. The third-order valence-electron chi connectivity index (χ3n) is 5.85. The van der Waals surface area contributed by atoms with E-state index in [1.165, 1.54) is 12.5 Å². The molecule has 0 saturated carbocycles. The zero-order valence-corrected chi connectivity index (χ0v) is 18.1. The van der Waals surface area contributed by atoms with Crippen LogP contribution in [0, 0.1) is 6.92 Å². The van der Waals surface area contributed by atoms with Crippen molar-refractivity contribution in [1.82, 2.24) is 19.6 Å². The first kappa shape index (κ1) is 21.8. The molecule has 34 heavy (non-hydrogen) atoms. The molecule has 2 atom stereocenters. The minimum Gasteiger partial charge on any atom is -0.467 e. The van der Waals surface area contributed by atoms with Crippen LogP contribution in [-0.4, -0.2) is 31.6 Å². The zero-order valence-electron chi connectivity index (χ0n) is 18.1. The van der Waals surface area contributed by atoms with Crippen molar-refractivity contribution in [2.45, 2.75) is 38.1 Å². The molecular formula is C23H21F3N6O2. The topological polar surface area (TPSA) is 89.9 Å². The van der Waals surface area contributed by atoms with Crippen molar-refractivity contribution >= 4 is 17.4 Å². The predicted octanol–water partition coefficient (Wildman–Crippen LogP) is 4.94. The van der Waals surface area contributed by atoms with Gasteiger partial charge < -0.3 is 15.1 Å². The molecule has 11 heteroatoms. The van der Waals surface area contributed by atoms with Gasteiger partial charge in [0.25, 0.3) is 5.91 Å². The lowest BCUT2D eigenvalue weighted by molar-refractivity contribution is -0.174. The summed E-state index contributed by atoms with van der Waals surface area (Å²) < 4.78 is 49.1. The first-order valence-electron chi connectivity index (χ1n) is 10.6. The number of amides is 1. The highest BCUT2D eigenvalue weighted by Gasteiger charge is 2.47. The van der Waals surface area contributed by atoms with Crippen molar-refractivity contribution in [2.75, 3.05) is 10.6 Å². The molecule has 1 amide bonds. The molecule has 0 radical (unpaired) electrons. The minimum atomic E-state index is -4.54. The lowest BCUT2D eigenvalue weighted by Gasteiger charge is -2.32. The Bertz CT molecular complexity index is 1310. The summed E-state index contributed by atoms with van der Waals surface area (Å²) in [5, 5.41) is 13.8. The van der Waals surface area contributed by atoms with Crippen LogP contribution in [0.15, 0.2) is 65.7 Å². The summed E-state index contributed by atoms with van der Waals surface area (Å²) in [6.07, 6.45) is 0.838. The van der Waals surface area contributed by atoms with E-state index in [1.54, 1.807) is 23.0 Å². The standard InChI is InChI=1S/C23H21F3N6O2/c1-14-5-2-3-6-15(14)12-31-13-16(10-27-31)29-22(33)17-11-28-32-20(23(24,25)26)9-18(30-21(17)32)19-7-4-8-34-19/h2-8,10-11,13,18,20,30H,9,12H2,1H3,(H,29,33). The smallest absolute Gasteiger partial charge is 0.410 e. The zero-order chi connectivity index (χ0) is 23.9. The first-order valence-corrected chi connectivity index (χ1v) is 10.6. The van der Waals surface area contributed by atoms with E-state index in [0.29, 0.717) is 18.0 Å². The number of carbonyl (C=O) groups is 1. The molecule has 0 fully saturated rings. The molecular weight excluding hydrogens is 449 g/mol. The van der Waals surface area contributed by atoms with Gasteiger partial charge in [0.05, 0.1) is 36.9 Å². The molecule has 8 nitrogen and oxygen atoms in total. The van der Waals surface area contributed by atoms with E-state index in [9.17, 15) is 18.0 Å². The Morgan fingerprint density at radius 1 is 1.21 bits per heavy atom. The Labute approximate surface area is 192 Å². The quantitative estimate of drug-likeness (QED) is 0.431. The number of alkyl halides is 3. The molecule has 0 spiro atoms. The van der Waals surface area contributed by atoms with E-state index in [-0.39, 0.29) is 17.8 Å². The second kappa shape index (κ2) is 8.40. The van der Waals surface area contributed by atoms with Crippen LogP contribution < -0.4 is 10.6 Å². The van der Waals surface area contributed by atoms with Crippen LogP contribution in [0.25, 0.3) is 0 Å². The van der Waals surface area contributed by atoms with Crippen LogP contribution >= 0.6 is 0 Å². The molecule has 0 bridgehead atoms. The largest absolute Gasteiger partial charge is 0.467 e. The Kier molecular flexibility index (Phi) is 5.39. The fraction of sp³-hybridized carbons (Fsp3) is 0.261. The number of nitrogens with one attached hydrogen (secondary N) is 2. The van der Waals surface area contributed by atoms with Gasteiger partial charge in [0.2, 0.25) is 0 Å². The Hall–Kier alpha value is -4.02. The van der Waals surface area contributed by atoms with E-state index in [4.69, 9.17) is 4.42 Å². The van der Waals surface area contributed by atoms with Crippen LogP contribution in [0.2, 0.25) is 0 Å². The number of aromatic nitrogens is 4. The molecule has 4 aromatic rings. The number of rotatable bonds is 5. The van der Waals surface area contributed by atoms with Gasteiger partial charge in [0, 0.05) is 12.6 Å². The first-order chi connectivity index (χ1) is 16.3. The van der Waals surface area contributed by atoms with Crippen LogP contribution in [0.5, 0.6) is 0 Å². The Balaban J connectivity index is 1.37. The maximum Gasteiger partial charge on any atom is 0.410 e. The van der Waals surface area contributed by atoms with Gasteiger partial charge in [-0.25, -0.2) is 4.68 Å². The number of benzene rings is 1. The minimum absolute atomic E-state index is 0.00263. The lowest BCUT2D eigenvalue weighted by Crippen LogP contribution is -2.36. The molecule has 4 heterocycles. The van der Waals surface area contributed by atoms with Crippen molar-refractivity contribution < 1.29 is 22.4 Å². The van der Waals surface area contributed by atoms with E-state index >= 15 is 0 Å². The van der Waals surface area contributed by atoms with Gasteiger partial charge in [0.1, 0.15) is 17.1 Å². The average molecular weight is 470 g/mol. The van der Waals surface area contributed by atoms with Crippen molar-refractivity contribution in [1.29, 1.82) is 0 Å². The summed E-state index contributed by atoms with van der Waals surface area (Å²) in [5.41, 5.74) is 2.62. The third-order valence-corrected chi connectivity index (χ3v) is 5.85. The number of carbonyl (C=O) groups excluding carboxylic acids is 1. The van der Waals surface area contributed by atoms with E-state index < -0.39 is 24.2 Å². The van der Waals surface area contributed by atoms with E-state index in [2.05, 4.69) is 20.8 Å². The number of nitrogens with zero attached hydrogens (tertiary/aromatic N) is 4. The number of fused-ring (bicyclic) bond motifs is 1. The van der Waals surface area contributed by atoms with Crippen molar-refractivity contribution in [3.8, 4) is 0 Å². The van der Waals surface area contributed by atoms with Crippen LogP contribution in [0.4, 0.5) is 24.7 Å². The number of hydrogen-bond donors (Lipinski definition) is 2. The van der Waals surface area contributed by atoms with Crippen LogP contribution in [0.1, 0.15) is 45.7 Å². The van der Waals surface area contributed by atoms with Gasteiger partial charge in [-0.2, -0.15) is 23.4 Å². The van der Waals surface area contributed by atoms with Crippen molar-refractivity contribution in [3.63, 3.8) is 0 Å². The highest BCUT2D eigenvalue weighted by Crippen LogP contribution is 2.44. The number of halogens is 3. The van der Waals surface area contributed by atoms with Gasteiger partial charge in [-0.3, -0.25) is 9.48 Å². The average Bonchev–Trinajstić information content (AvgIpc) is 3.55. The molecule has 2 unspecified atom stereocenters. The summed E-state index contributed by atoms with van der Waals surface area (Å²) in [7, 11) is 0. The number of anilines is 2. The van der Waals surface area contributed by atoms with Crippen molar-refractivity contribution in [2.24, 2.45) is 0 Å². The third kappa shape index (κ3) is 4.16. The highest BCUT2D eigenvalue weighted by atomic mass is 19.4. The summed E-state index contributed by atoms with van der Waals surface area (Å²) in [6, 6.07) is 8.44. The summed E-state index contributed by atoms with van der Waals surface area (Å²) in [6.45, 7) is 2.52. The maximum absolute atomic E-state index is 13.8. The second-order valence-electron chi connectivity index (χ2n) is 8.16. The molecule has 5 rings (SSSR count). The second-order valence-corrected chi connectivity index (χ2v) is 8.16. The fourth-order valence-electron chi connectivity index (χ4n) is 4.08. The van der Waals surface area contributed by atoms with E-state index in [1.807, 2.05) is 31.2 Å². The molecule has 2 N–H and O–H groups in total. The summed E-state index contributed by atoms with van der Waals surface area (Å²) in [5.74, 6) is -0.254. The Morgan fingerprint density at radius 2 is 2.03 bits per heavy atom. The highest BCUT2D eigenvalue weighted by molar-refractivity contribution is 6.07. The van der Waals surface area contributed by atoms with Crippen molar-refractivity contribution in [3.05, 3.63) is 83.7 Å². The van der Waals surface area contributed by atoms with Gasteiger partial charge in [-0.1, -0.05) is 24.3 Å². The summed E-state index contributed by atoms with van der Waals surface area (Å²) >= 11 is 0. The monoisotopic (exact) mass is 470 g/mol. The SMILES string of the molecule is Cc1ccccc1Cn1cc(NC(=O)c2cnn3c2NC(c2ccco2)CC3C(F)(F)F)cn1. The normalized spacial score (nSPS) is 17.8. The predicted molar refractivity (Wildman–Crippen MR) is 117 cm³/mol. The van der Waals surface area contributed by atoms with Crippen LogP contribution in [-0.2, 0) is 6.54 Å². The molecule has 1 aliphatic rings. The van der Waals surface area contributed by atoms with Crippen LogP contribution in [0.3, 0.4) is 0 Å². The number of hydrogen-bond acceptors (Lipinski definition) is 5. The summed E-state index contributed by atoms with van der Waals surface area (Å²) in [4.78, 5) is 13.0.